The first-order chi connectivity index (χ1) is 7.80. The largest absolute Gasteiger partial charge is 0.397 e. The van der Waals surface area contributed by atoms with Crippen LogP contribution in [0.15, 0.2) is 18.2 Å². The van der Waals surface area contributed by atoms with Crippen LogP contribution in [-0.4, -0.2) is 42.8 Å². The molecule has 0 saturated carbocycles. The minimum absolute atomic E-state index is 0.304. The first-order valence-electron chi connectivity index (χ1n) is 5.46. The van der Waals surface area contributed by atoms with E-state index in [0.717, 1.165) is 0 Å². The molecular formula is C12H20FN3O. The van der Waals surface area contributed by atoms with Gasteiger partial charge in [0.05, 0.1) is 17.0 Å². The van der Waals surface area contributed by atoms with Crippen molar-refractivity contribution in [2.75, 3.05) is 38.2 Å². The van der Waals surface area contributed by atoms with Gasteiger partial charge in [0.25, 0.3) is 0 Å². The number of likely N-dealkylation sites (N-methyl/N-ethyl adjacent to an activating group) is 1. The van der Waals surface area contributed by atoms with Crippen molar-refractivity contribution in [2.45, 2.75) is 12.5 Å². The minimum atomic E-state index is -0.901. The van der Waals surface area contributed by atoms with Crippen LogP contribution < -0.4 is 11.1 Å². The number of hydrogen-bond acceptors (Lipinski definition) is 4. The zero-order valence-corrected chi connectivity index (χ0v) is 10.5. The van der Waals surface area contributed by atoms with Crippen molar-refractivity contribution < 1.29 is 9.50 Å². The van der Waals surface area contributed by atoms with Crippen molar-refractivity contribution >= 4 is 11.4 Å². The van der Waals surface area contributed by atoms with E-state index in [1.807, 2.05) is 19.0 Å². The summed E-state index contributed by atoms with van der Waals surface area (Å²) in [6.07, 6.45) is 0. The number of benzene rings is 1. The highest BCUT2D eigenvalue weighted by Crippen LogP contribution is 2.20. The lowest BCUT2D eigenvalue weighted by molar-refractivity contribution is 0.0460. The summed E-state index contributed by atoms with van der Waals surface area (Å²) in [6.45, 7) is 2.53. The summed E-state index contributed by atoms with van der Waals surface area (Å²) in [5.41, 5.74) is 5.77. The van der Waals surface area contributed by atoms with Crippen molar-refractivity contribution in [3.05, 3.63) is 24.0 Å². The number of aliphatic hydroxyl groups is 1. The molecule has 0 amide bonds. The maximum Gasteiger partial charge on any atom is 0.125 e. The summed E-state index contributed by atoms with van der Waals surface area (Å²) >= 11 is 0. The Balaban J connectivity index is 2.63. The summed E-state index contributed by atoms with van der Waals surface area (Å²) in [4.78, 5) is 1.89. The highest BCUT2D eigenvalue weighted by molar-refractivity contribution is 5.65. The number of rotatable bonds is 5. The van der Waals surface area contributed by atoms with Gasteiger partial charge in [0, 0.05) is 13.1 Å². The van der Waals surface area contributed by atoms with Crippen molar-refractivity contribution in [1.29, 1.82) is 0 Å². The van der Waals surface area contributed by atoms with Crippen LogP contribution in [0, 0.1) is 5.82 Å². The van der Waals surface area contributed by atoms with Crippen LogP contribution in [0.4, 0.5) is 15.8 Å². The molecule has 1 atom stereocenters. The fourth-order valence-electron chi connectivity index (χ4n) is 1.70. The van der Waals surface area contributed by atoms with E-state index in [2.05, 4.69) is 5.32 Å². The van der Waals surface area contributed by atoms with Crippen LogP contribution in [0.1, 0.15) is 6.92 Å². The zero-order valence-electron chi connectivity index (χ0n) is 10.5. The molecule has 0 saturated heterocycles. The molecule has 1 aromatic carbocycles. The lowest BCUT2D eigenvalue weighted by Crippen LogP contribution is -2.43. The summed E-state index contributed by atoms with van der Waals surface area (Å²) in [5, 5.41) is 13.0. The molecule has 0 aliphatic heterocycles. The summed E-state index contributed by atoms with van der Waals surface area (Å²) in [5.74, 6) is -0.353. The quantitative estimate of drug-likeness (QED) is 0.676. The summed E-state index contributed by atoms with van der Waals surface area (Å²) in [6, 6.07) is 4.12. The number of nitrogen functional groups attached to an aromatic ring is 1. The minimum Gasteiger partial charge on any atom is -0.397 e. The van der Waals surface area contributed by atoms with Crippen LogP contribution in [0.2, 0.25) is 0 Å². The van der Waals surface area contributed by atoms with Crippen molar-refractivity contribution in [2.24, 2.45) is 0 Å². The second-order valence-electron chi connectivity index (χ2n) is 4.82. The fourth-order valence-corrected chi connectivity index (χ4v) is 1.70. The van der Waals surface area contributed by atoms with Gasteiger partial charge in [-0.3, -0.25) is 0 Å². The maximum absolute atomic E-state index is 13.0. The molecule has 17 heavy (non-hydrogen) atoms. The van der Waals surface area contributed by atoms with Gasteiger partial charge in [0.1, 0.15) is 5.82 Å². The Labute approximate surface area is 101 Å². The monoisotopic (exact) mass is 241 g/mol. The van der Waals surface area contributed by atoms with Crippen LogP contribution >= 0.6 is 0 Å². The van der Waals surface area contributed by atoms with E-state index in [1.54, 1.807) is 6.92 Å². The van der Waals surface area contributed by atoms with E-state index < -0.39 is 5.60 Å². The van der Waals surface area contributed by atoms with Crippen LogP contribution in [0.25, 0.3) is 0 Å². The van der Waals surface area contributed by atoms with Gasteiger partial charge in [-0.1, -0.05) is 0 Å². The van der Waals surface area contributed by atoms with Crippen LogP contribution in [-0.2, 0) is 0 Å². The third-order valence-corrected chi connectivity index (χ3v) is 2.33. The molecule has 96 valence electrons. The summed E-state index contributed by atoms with van der Waals surface area (Å²) < 4.78 is 13.0. The molecule has 1 rings (SSSR count). The average Bonchev–Trinajstić information content (AvgIpc) is 2.17. The lowest BCUT2D eigenvalue weighted by atomic mass is 10.1. The van der Waals surface area contributed by atoms with Gasteiger partial charge in [0.2, 0.25) is 0 Å². The molecule has 0 aliphatic rings. The molecule has 1 unspecified atom stereocenters. The second kappa shape index (κ2) is 5.33. The second-order valence-corrected chi connectivity index (χ2v) is 4.82. The topological polar surface area (TPSA) is 61.5 Å². The van der Waals surface area contributed by atoms with Gasteiger partial charge >= 0.3 is 0 Å². The van der Waals surface area contributed by atoms with Crippen LogP contribution in [0.5, 0.6) is 0 Å². The van der Waals surface area contributed by atoms with E-state index >= 15 is 0 Å². The van der Waals surface area contributed by atoms with Gasteiger partial charge in [-0.25, -0.2) is 4.39 Å². The number of nitrogens with one attached hydrogen (secondary N) is 1. The van der Waals surface area contributed by atoms with Gasteiger partial charge < -0.3 is 21.1 Å². The number of hydrogen-bond donors (Lipinski definition) is 3. The summed E-state index contributed by atoms with van der Waals surface area (Å²) in [7, 11) is 3.76. The predicted octanol–water partition coefficient (Wildman–Crippen LogP) is 1.13. The Bertz CT molecular complexity index is 380. The van der Waals surface area contributed by atoms with Crippen LogP contribution in [0.3, 0.4) is 0 Å². The molecule has 0 bridgehead atoms. The lowest BCUT2D eigenvalue weighted by Gasteiger charge is -2.27. The molecule has 1 aromatic rings. The SMILES string of the molecule is CN(C)CC(C)(O)CNc1cc(F)ccc1N. The molecule has 0 spiro atoms. The van der Waals surface area contributed by atoms with Gasteiger partial charge in [-0.05, 0) is 39.2 Å². The Hall–Kier alpha value is -1.33. The first-order valence-corrected chi connectivity index (χ1v) is 5.46. The smallest absolute Gasteiger partial charge is 0.125 e. The van der Waals surface area contributed by atoms with Gasteiger partial charge in [-0.2, -0.15) is 0 Å². The third-order valence-electron chi connectivity index (χ3n) is 2.33. The molecular weight excluding hydrogens is 221 g/mol. The molecule has 0 aromatic heterocycles. The molecule has 4 nitrogen and oxygen atoms in total. The molecule has 4 N–H and O–H groups in total. The van der Waals surface area contributed by atoms with Crippen molar-refractivity contribution in [3.8, 4) is 0 Å². The first kappa shape index (κ1) is 13.7. The Morgan fingerprint density at radius 1 is 1.47 bits per heavy atom. The third kappa shape index (κ3) is 4.58. The highest BCUT2D eigenvalue weighted by atomic mass is 19.1. The number of anilines is 2. The van der Waals surface area contributed by atoms with Crippen molar-refractivity contribution in [3.63, 3.8) is 0 Å². The molecule has 0 radical (unpaired) electrons. The highest BCUT2D eigenvalue weighted by Gasteiger charge is 2.21. The van der Waals surface area contributed by atoms with Crippen molar-refractivity contribution in [1.82, 2.24) is 4.90 Å². The standard InChI is InChI=1S/C12H20FN3O/c1-12(17,8-16(2)3)7-15-11-6-9(13)4-5-10(11)14/h4-6,15,17H,7-8,14H2,1-3H3. The van der Waals surface area contributed by atoms with E-state index in [9.17, 15) is 9.50 Å². The molecule has 0 aliphatic carbocycles. The number of nitrogens with two attached hydrogens (primary N) is 1. The average molecular weight is 241 g/mol. The van der Waals surface area contributed by atoms with Gasteiger partial charge in [0.15, 0.2) is 0 Å². The number of nitrogens with zero attached hydrogens (tertiary/aromatic N) is 1. The normalized spacial score (nSPS) is 14.7. The number of halogens is 1. The van der Waals surface area contributed by atoms with Gasteiger partial charge in [-0.15, -0.1) is 0 Å². The molecule has 0 heterocycles. The van der Waals surface area contributed by atoms with E-state index in [4.69, 9.17) is 5.73 Å². The predicted molar refractivity (Wildman–Crippen MR) is 68.5 cm³/mol. The fraction of sp³-hybridized carbons (Fsp3) is 0.500. The Morgan fingerprint density at radius 3 is 2.71 bits per heavy atom. The molecule has 0 fully saturated rings. The maximum atomic E-state index is 13.0. The van der Waals surface area contributed by atoms with E-state index in [0.29, 0.717) is 24.5 Å². The zero-order chi connectivity index (χ0) is 13.1. The van der Waals surface area contributed by atoms with E-state index in [-0.39, 0.29) is 5.82 Å². The molecule has 5 heteroatoms. The Morgan fingerprint density at radius 2 is 2.12 bits per heavy atom. The van der Waals surface area contributed by atoms with E-state index in [1.165, 1.54) is 18.2 Å². The Kier molecular flexibility index (Phi) is 4.31.